The van der Waals surface area contributed by atoms with Crippen LogP contribution in [-0.4, -0.2) is 55.0 Å². The summed E-state index contributed by atoms with van der Waals surface area (Å²) in [4.78, 5) is 29.0. The molecule has 4 rings (SSSR count). The Balaban J connectivity index is 1.33. The highest BCUT2D eigenvalue weighted by atomic mass is 16.5. The van der Waals surface area contributed by atoms with Gasteiger partial charge in [-0.25, -0.2) is 4.79 Å². The van der Waals surface area contributed by atoms with Gasteiger partial charge in [-0.15, -0.1) is 0 Å². The number of amides is 3. The fraction of sp³-hybridized carbons (Fsp3) is 0.222. The second-order valence-electron chi connectivity index (χ2n) is 8.00. The zero-order valence-corrected chi connectivity index (χ0v) is 19.0. The Bertz CT molecular complexity index is 1180. The van der Waals surface area contributed by atoms with E-state index < -0.39 is 0 Å². The van der Waals surface area contributed by atoms with Gasteiger partial charge in [0.25, 0.3) is 5.91 Å². The predicted molar refractivity (Wildman–Crippen MR) is 130 cm³/mol. The van der Waals surface area contributed by atoms with Crippen molar-refractivity contribution in [2.45, 2.75) is 5.92 Å². The van der Waals surface area contributed by atoms with Gasteiger partial charge < -0.3 is 19.9 Å². The van der Waals surface area contributed by atoms with Crippen molar-refractivity contribution in [2.75, 3.05) is 38.6 Å². The van der Waals surface area contributed by atoms with Crippen LogP contribution in [0.1, 0.15) is 27.4 Å². The number of nitriles is 1. The molecule has 1 aliphatic rings. The molecule has 1 heterocycles. The lowest BCUT2D eigenvalue weighted by Crippen LogP contribution is -2.51. The number of benzene rings is 3. The van der Waals surface area contributed by atoms with Gasteiger partial charge in [-0.05, 0) is 35.4 Å². The van der Waals surface area contributed by atoms with Crippen molar-refractivity contribution in [3.63, 3.8) is 0 Å². The quantitative estimate of drug-likeness (QED) is 0.621. The molecule has 3 aromatic rings. The van der Waals surface area contributed by atoms with E-state index in [-0.39, 0.29) is 17.9 Å². The Morgan fingerprint density at radius 1 is 0.853 bits per heavy atom. The van der Waals surface area contributed by atoms with Crippen LogP contribution in [0.3, 0.4) is 0 Å². The normalized spacial score (nSPS) is 14.1. The summed E-state index contributed by atoms with van der Waals surface area (Å²) >= 11 is 0. The number of ether oxygens (including phenoxy) is 1. The number of rotatable bonds is 5. The number of hydrogen-bond acceptors (Lipinski definition) is 4. The molecule has 0 spiro atoms. The van der Waals surface area contributed by atoms with Crippen LogP contribution < -0.4 is 10.1 Å². The largest absolute Gasteiger partial charge is 0.496 e. The second kappa shape index (κ2) is 10.5. The van der Waals surface area contributed by atoms with Crippen molar-refractivity contribution in [3.05, 3.63) is 95.6 Å². The zero-order valence-electron chi connectivity index (χ0n) is 19.0. The fourth-order valence-electron chi connectivity index (χ4n) is 4.05. The summed E-state index contributed by atoms with van der Waals surface area (Å²) in [6.07, 6.45) is 0. The molecule has 0 radical (unpaired) electrons. The SMILES string of the molecule is COc1ccccc1C(=O)N1CCN(C(=O)Nc2ccc(C(C#N)c3ccccc3)cc2)CC1. The van der Waals surface area contributed by atoms with Crippen molar-refractivity contribution >= 4 is 17.6 Å². The molecule has 1 aliphatic heterocycles. The molecule has 7 heteroatoms. The molecular weight excluding hydrogens is 428 g/mol. The predicted octanol–water partition coefficient (Wildman–Crippen LogP) is 4.34. The standard InChI is InChI=1S/C27H26N4O3/c1-34-25-10-6-5-9-23(25)26(32)30-15-17-31(18-16-30)27(33)29-22-13-11-21(12-14-22)24(19-28)20-7-3-2-4-8-20/h2-14,24H,15-18H2,1H3,(H,29,33). The lowest BCUT2D eigenvalue weighted by Gasteiger charge is -2.35. The summed E-state index contributed by atoms with van der Waals surface area (Å²) in [5.41, 5.74) is 2.98. The fourth-order valence-corrected chi connectivity index (χ4v) is 4.05. The summed E-state index contributed by atoms with van der Waals surface area (Å²) in [5.74, 6) is 0.0837. The Labute approximate surface area is 199 Å². The third kappa shape index (κ3) is 5.02. The van der Waals surface area contributed by atoms with Gasteiger partial charge in [-0.2, -0.15) is 5.26 Å². The van der Waals surface area contributed by atoms with E-state index in [0.29, 0.717) is 43.2 Å². The van der Waals surface area contributed by atoms with Gasteiger partial charge >= 0.3 is 6.03 Å². The minimum atomic E-state index is -0.361. The Morgan fingerprint density at radius 2 is 1.44 bits per heavy atom. The van der Waals surface area contributed by atoms with Crippen molar-refractivity contribution in [2.24, 2.45) is 0 Å². The number of urea groups is 1. The summed E-state index contributed by atoms with van der Waals surface area (Å²) in [7, 11) is 1.54. The molecule has 1 atom stereocenters. The molecular formula is C27H26N4O3. The molecule has 3 amide bonds. The van der Waals surface area contributed by atoms with Crippen LogP contribution in [0.2, 0.25) is 0 Å². The third-order valence-electron chi connectivity index (χ3n) is 5.95. The van der Waals surface area contributed by atoms with Crippen LogP contribution in [0, 0.1) is 11.3 Å². The number of anilines is 1. The minimum Gasteiger partial charge on any atom is -0.496 e. The van der Waals surface area contributed by atoms with Crippen molar-refractivity contribution in [1.82, 2.24) is 9.80 Å². The van der Waals surface area contributed by atoms with Crippen molar-refractivity contribution in [1.29, 1.82) is 5.26 Å². The number of piperazine rings is 1. The summed E-state index contributed by atoms with van der Waals surface area (Å²) in [5, 5.41) is 12.5. The van der Waals surface area contributed by atoms with Gasteiger partial charge in [-0.1, -0.05) is 54.6 Å². The highest BCUT2D eigenvalue weighted by molar-refractivity contribution is 5.97. The molecule has 1 fully saturated rings. The minimum absolute atomic E-state index is 0.0986. The molecule has 0 aliphatic carbocycles. The van der Waals surface area contributed by atoms with Crippen LogP contribution in [0.25, 0.3) is 0 Å². The lowest BCUT2D eigenvalue weighted by molar-refractivity contribution is 0.0668. The second-order valence-corrected chi connectivity index (χ2v) is 8.00. The smallest absolute Gasteiger partial charge is 0.321 e. The van der Waals surface area contributed by atoms with Crippen molar-refractivity contribution in [3.8, 4) is 11.8 Å². The van der Waals surface area contributed by atoms with Crippen LogP contribution in [0.5, 0.6) is 5.75 Å². The van der Waals surface area contributed by atoms with E-state index in [1.165, 1.54) is 0 Å². The van der Waals surface area contributed by atoms with E-state index in [1.54, 1.807) is 29.0 Å². The number of hydrogen-bond donors (Lipinski definition) is 1. The molecule has 3 aromatic carbocycles. The maximum Gasteiger partial charge on any atom is 0.321 e. The van der Waals surface area contributed by atoms with E-state index in [2.05, 4.69) is 11.4 Å². The molecule has 0 saturated carbocycles. The lowest BCUT2D eigenvalue weighted by atomic mass is 9.92. The van der Waals surface area contributed by atoms with E-state index in [1.807, 2.05) is 66.7 Å². The number of methoxy groups -OCH3 is 1. The number of carbonyl (C=O) groups is 2. The highest BCUT2D eigenvalue weighted by Gasteiger charge is 2.26. The van der Waals surface area contributed by atoms with Gasteiger partial charge in [0.15, 0.2) is 0 Å². The first kappa shape index (κ1) is 22.9. The number of carbonyl (C=O) groups excluding carboxylic acids is 2. The summed E-state index contributed by atoms with van der Waals surface area (Å²) < 4.78 is 5.30. The van der Waals surface area contributed by atoms with Crippen LogP contribution in [0.4, 0.5) is 10.5 Å². The Hall–Kier alpha value is -4.31. The summed E-state index contributed by atoms with van der Waals surface area (Å²) in [6.45, 7) is 1.78. The molecule has 1 unspecified atom stereocenters. The molecule has 0 aromatic heterocycles. The average molecular weight is 455 g/mol. The number of para-hydroxylation sites is 1. The topological polar surface area (TPSA) is 85.7 Å². The van der Waals surface area contributed by atoms with Gasteiger partial charge in [0.05, 0.1) is 24.7 Å². The van der Waals surface area contributed by atoms with E-state index in [9.17, 15) is 14.9 Å². The molecule has 172 valence electrons. The Kier molecular flexibility index (Phi) is 7.09. The Morgan fingerprint density at radius 3 is 2.09 bits per heavy atom. The van der Waals surface area contributed by atoms with Crippen LogP contribution in [-0.2, 0) is 0 Å². The number of nitrogens with one attached hydrogen (secondary N) is 1. The number of nitrogens with zero attached hydrogens (tertiary/aromatic N) is 3. The molecule has 34 heavy (non-hydrogen) atoms. The van der Waals surface area contributed by atoms with Gasteiger partial charge in [0.2, 0.25) is 0 Å². The zero-order chi connectivity index (χ0) is 23.9. The van der Waals surface area contributed by atoms with E-state index in [4.69, 9.17) is 4.74 Å². The summed E-state index contributed by atoms with van der Waals surface area (Å²) in [6, 6.07) is 26.2. The first-order valence-electron chi connectivity index (χ1n) is 11.1. The maximum atomic E-state index is 12.9. The average Bonchev–Trinajstić information content (AvgIpc) is 2.90. The first-order chi connectivity index (χ1) is 16.6. The van der Waals surface area contributed by atoms with Crippen LogP contribution in [0.15, 0.2) is 78.9 Å². The molecule has 7 nitrogen and oxygen atoms in total. The van der Waals surface area contributed by atoms with Gasteiger partial charge in [-0.3, -0.25) is 4.79 Å². The monoisotopic (exact) mass is 454 g/mol. The third-order valence-corrected chi connectivity index (χ3v) is 5.95. The highest BCUT2D eigenvalue weighted by Crippen LogP contribution is 2.25. The van der Waals surface area contributed by atoms with E-state index >= 15 is 0 Å². The van der Waals surface area contributed by atoms with Gasteiger partial charge in [0, 0.05) is 31.9 Å². The molecule has 1 saturated heterocycles. The van der Waals surface area contributed by atoms with Crippen molar-refractivity contribution < 1.29 is 14.3 Å². The van der Waals surface area contributed by atoms with E-state index in [0.717, 1.165) is 11.1 Å². The molecule has 1 N–H and O–H groups in total. The first-order valence-corrected chi connectivity index (χ1v) is 11.1. The maximum absolute atomic E-state index is 12.9. The van der Waals surface area contributed by atoms with Crippen LogP contribution >= 0.6 is 0 Å². The van der Waals surface area contributed by atoms with Gasteiger partial charge in [0.1, 0.15) is 5.75 Å². The molecule has 0 bridgehead atoms.